The summed E-state index contributed by atoms with van der Waals surface area (Å²) in [4.78, 5) is 69.6. The fraction of sp³-hybridized carbons (Fsp3) is 0.365. The van der Waals surface area contributed by atoms with Crippen molar-refractivity contribution in [1.29, 1.82) is 0 Å². The van der Waals surface area contributed by atoms with E-state index in [1.165, 1.54) is 19.2 Å². The number of ether oxygens (including phenoxy) is 17. The molecule has 4 saturated heterocycles. The highest BCUT2D eigenvalue weighted by Crippen LogP contribution is 2.39. The molecule has 4 aliphatic heterocycles. The lowest BCUT2D eigenvalue weighted by Crippen LogP contribution is -2.48. The molecule has 16 atom stereocenters. The molecular formula is C74H74Cl2O22. The Bertz CT molecular complexity index is 3590. The van der Waals surface area contributed by atoms with Gasteiger partial charge in [0.15, 0.2) is 55.7 Å². The molecule has 516 valence electrons. The van der Waals surface area contributed by atoms with E-state index in [-0.39, 0.29) is 56.3 Å². The molecule has 0 amide bonds. The molecule has 11 rings (SSSR count). The van der Waals surface area contributed by atoms with Crippen molar-refractivity contribution in [1.82, 2.24) is 0 Å². The summed E-state index contributed by atoms with van der Waals surface area (Å²) >= 11 is 12.3. The summed E-state index contributed by atoms with van der Waals surface area (Å²) in [5.41, 5.74) is 3.80. The Balaban J connectivity index is 0.948. The van der Waals surface area contributed by atoms with E-state index >= 15 is 0 Å². The summed E-state index contributed by atoms with van der Waals surface area (Å²) in [5.74, 6) is -5.21. The maximum absolute atomic E-state index is 14.7. The minimum absolute atomic E-state index is 0.0221. The van der Waals surface area contributed by atoms with Crippen molar-refractivity contribution in [2.24, 2.45) is 0 Å². The average molecular weight is 1390 g/mol. The van der Waals surface area contributed by atoms with E-state index in [9.17, 15) is 24.0 Å². The van der Waals surface area contributed by atoms with Crippen molar-refractivity contribution in [2.45, 2.75) is 125 Å². The van der Waals surface area contributed by atoms with Gasteiger partial charge in [0.1, 0.15) is 54.5 Å². The smallest absolute Gasteiger partial charge is 0.338 e. The van der Waals surface area contributed by atoms with Crippen molar-refractivity contribution in [3.8, 4) is 0 Å². The topological polar surface area (TPSA) is 242 Å². The molecule has 0 N–H and O–H groups in total. The van der Waals surface area contributed by atoms with Crippen LogP contribution in [-0.4, -0.2) is 174 Å². The Kier molecular flexibility index (Phi) is 26.3. The third-order valence-corrected chi connectivity index (χ3v) is 16.7. The predicted octanol–water partition coefficient (Wildman–Crippen LogP) is 9.53. The van der Waals surface area contributed by atoms with E-state index in [2.05, 4.69) is 0 Å². The lowest BCUT2D eigenvalue weighted by atomic mass is 10.1. The highest BCUT2D eigenvalue weighted by atomic mass is 35.5. The van der Waals surface area contributed by atoms with Crippen LogP contribution in [0.1, 0.15) is 53.3 Å². The zero-order valence-corrected chi connectivity index (χ0v) is 54.8. The van der Waals surface area contributed by atoms with Crippen LogP contribution in [0.25, 0.3) is 0 Å². The first-order valence-corrected chi connectivity index (χ1v) is 33.0. The molecule has 0 aliphatic carbocycles. The molecule has 4 heterocycles. The second-order valence-electron chi connectivity index (χ2n) is 23.1. The van der Waals surface area contributed by atoms with Gasteiger partial charge in [-0.15, -0.1) is 23.2 Å². The largest absolute Gasteiger partial charge is 0.453 e. The highest BCUT2D eigenvalue weighted by molar-refractivity contribution is 6.26. The Hall–Kier alpha value is -8.01. The molecule has 98 heavy (non-hydrogen) atoms. The minimum Gasteiger partial charge on any atom is -0.453 e. The van der Waals surface area contributed by atoms with Gasteiger partial charge in [-0.3, -0.25) is 9.59 Å². The van der Waals surface area contributed by atoms with Crippen molar-refractivity contribution >= 4 is 53.0 Å². The monoisotopic (exact) mass is 1380 g/mol. The van der Waals surface area contributed by atoms with Crippen LogP contribution in [0.3, 0.4) is 0 Å². The van der Waals surface area contributed by atoms with Crippen molar-refractivity contribution < 1.29 is 104 Å². The Morgan fingerprint density at radius 3 is 0.990 bits per heavy atom. The van der Waals surface area contributed by atoms with Gasteiger partial charge in [0.25, 0.3) is 0 Å². The van der Waals surface area contributed by atoms with Crippen LogP contribution in [0.4, 0.5) is 0 Å². The van der Waals surface area contributed by atoms with Gasteiger partial charge in [0, 0.05) is 7.11 Å². The summed E-state index contributed by atoms with van der Waals surface area (Å²) in [5, 5.41) is 0. The number of methoxy groups -OCH3 is 1. The van der Waals surface area contributed by atoms with Gasteiger partial charge in [0.2, 0.25) is 0 Å². The molecule has 0 bridgehead atoms. The summed E-state index contributed by atoms with van der Waals surface area (Å²) in [6, 6.07) is 61.9. The molecule has 0 spiro atoms. The van der Waals surface area contributed by atoms with Crippen LogP contribution >= 0.6 is 23.2 Å². The molecule has 24 heteroatoms. The number of rotatable bonds is 33. The molecule has 4 fully saturated rings. The van der Waals surface area contributed by atoms with Crippen LogP contribution in [0.15, 0.2) is 212 Å². The fourth-order valence-corrected chi connectivity index (χ4v) is 11.7. The van der Waals surface area contributed by atoms with Gasteiger partial charge in [-0.05, 0) is 58.7 Å². The number of hydrogen-bond donors (Lipinski definition) is 0. The van der Waals surface area contributed by atoms with Crippen LogP contribution in [0, 0.1) is 0 Å². The Morgan fingerprint density at radius 1 is 0.316 bits per heavy atom. The first-order chi connectivity index (χ1) is 48.0. The number of carbonyl (C=O) groups excluding carboxylic acids is 5. The normalized spacial score (nSPS) is 26.5. The number of hydrogen-bond acceptors (Lipinski definition) is 22. The fourth-order valence-electron chi connectivity index (χ4n) is 11.5. The van der Waals surface area contributed by atoms with Crippen molar-refractivity contribution in [2.75, 3.05) is 45.3 Å². The Labute approximate surface area is 576 Å². The molecule has 0 radical (unpaired) electrons. The zero-order chi connectivity index (χ0) is 68.0. The molecule has 0 unspecified atom stereocenters. The summed E-state index contributed by atoms with van der Waals surface area (Å²) in [7, 11) is 1.33. The molecule has 7 aromatic rings. The predicted molar refractivity (Wildman–Crippen MR) is 349 cm³/mol. The summed E-state index contributed by atoms with van der Waals surface area (Å²) in [6.07, 6.45) is -21.3. The van der Waals surface area contributed by atoms with Gasteiger partial charge < -0.3 is 80.5 Å². The summed E-state index contributed by atoms with van der Waals surface area (Å²) in [6.45, 7) is -0.787. The van der Waals surface area contributed by atoms with E-state index < -0.39 is 153 Å². The molecule has 22 nitrogen and oxygen atoms in total. The van der Waals surface area contributed by atoms with E-state index in [4.69, 9.17) is 104 Å². The summed E-state index contributed by atoms with van der Waals surface area (Å²) < 4.78 is 109. The standard InChI is InChI=1S/C74H74Cl2O22/c1-82-71-66(96-69(80)52-33-19-7-20-34-52)62(95-68(79)51-31-17-6-18-32-51)56(89-71)45-88-73-67(97-70(81)53-35-21-8-22-36-53)63(98-74-65(94-59(78)38-76)61(86-42-50-29-15-5-16-30-50)55(92-74)44-84-40-48-25-11-3-12-26-48)57(91-73)46-87-72-64(93-58(77)37-75)60(85-41-49-27-13-4-14-28-49)54(90-72)43-83-39-47-23-9-2-10-24-47/h2-36,54-57,60-67,71-74H,37-46H2,1H3/t54-,55-,56-,57-,60-,61-,62-,63-,64+,65+,66+,67+,71+,72+,73+,74-/m1/s1. The first-order valence-electron chi connectivity index (χ1n) is 31.9. The first kappa shape index (κ1) is 71.3. The van der Waals surface area contributed by atoms with Crippen molar-refractivity contribution in [3.63, 3.8) is 0 Å². The second-order valence-corrected chi connectivity index (χ2v) is 23.6. The maximum Gasteiger partial charge on any atom is 0.338 e. The lowest BCUT2D eigenvalue weighted by molar-refractivity contribution is -0.234. The molecule has 4 aliphatic rings. The third-order valence-electron chi connectivity index (χ3n) is 16.3. The quantitative estimate of drug-likeness (QED) is 0.0211. The third kappa shape index (κ3) is 19.2. The van der Waals surface area contributed by atoms with Gasteiger partial charge >= 0.3 is 29.8 Å². The maximum atomic E-state index is 14.7. The minimum atomic E-state index is -1.65. The molecular weight excluding hydrogens is 1310 g/mol. The molecule has 7 aromatic carbocycles. The van der Waals surface area contributed by atoms with Crippen LogP contribution in [0.2, 0.25) is 0 Å². The number of alkyl halides is 2. The van der Waals surface area contributed by atoms with E-state index in [1.807, 2.05) is 121 Å². The Morgan fingerprint density at radius 2 is 0.612 bits per heavy atom. The number of halogens is 2. The van der Waals surface area contributed by atoms with Crippen LogP contribution < -0.4 is 0 Å². The number of benzene rings is 7. The molecule has 0 aromatic heterocycles. The van der Waals surface area contributed by atoms with E-state index in [0.29, 0.717) is 0 Å². The lowest BCUT2D eigenvalue weighted by Gasteiger charge is -2.30. The second kappa shape index (κ2) is 36.2. The van der Waals surface area contributed by atoms with Gasteiger partial charge in [-0.2, -0.15) is 0 Å². The average Bonchev–Trinajstić information content (AvgIpc) is 1.63. The molecule has 0 saturated carbocycles. The number of carbonyl (C=O) groups is 5. The van der Waals surface area contributed by atoms with E-state index in [0.717, 1.165) is 22.3 Å². The van der Waals surface area contributed by atoms with Crippen LogP contribution in [-0.2, 0) is 117 Å². The zero-order valence-electron chi connectivity index (χ0n) is 53.3. The van der Waals surface area contributed by atoms with Gasteiger partial charge in [-0.1, -0.05) is 176 Å². The van der Waals surface area contributed by atoms with Crippen LogP contribution in [0.5, 0.6) is 0 Å². The van der Waals surface area contributed by atoms with Gasteiger partial charge in [-0.25, -0.2) is 14.4 Å². The number of esters is 5. The van der Waals surface area contributed by atoms with E-state index in [1.54, 1.807) is 78.9 Å². The van der Waals surface area contributed by atoms with Crippen molar-refractivity contribution in [3.05, 3.63) is 251 Å². The highest BCUT2D eigenvalue weighted by Gasteiger charge is 2.58. The van der Waals surface area contributed by atoms with Gasteiger partial charge in [0.05, 0.1) is 69.5 Å². The SMILES string of the molecule is CO[C@H]1O[C@H](CO[C@H]2O[C@H](CO[C@H]3O[C@H](COCc4ccccc4)[C@@H](OCc4ccccc4)[C@@H]3OC(=O)CCl)[C@@H](O[C@H]3O[C@H](COCc4ccccc4)[C@@H](OCc4ccccc4)[C@@H]3OC(=O)CCl)[C@@H]2OC(=O)c2ccccc2)[C@@H](OC(=O)c2ccccc2)[C@@H]1OC(=O)c1ccccc1.